The highest BCUT2D eigenvalue weighted by Crippen LogP contribution is 2.50. The van der Waals surface area contributed by atoms with Crippen LogP contribution in [-0.4, -0.2) is 21.3 Å². The Morgan fingerprint density at radius 2 is 1.30 bits per heavy atom. The van der Waals surface area contributed by atoms with Crippen molar-refractivity contribution in [2.75, 3.05) is 21.3 Å². The number of hydrogen-bond acceptors (Lipinski definition) is 4. The lowest BCUT2D eigenvalue weighted by Gasteiger charge is -2.31. The number of fused-ring (bicyclic) bond motifs is 2. The Morgan fingerprint density at radius 3 is 1.81 bits per heavy atom. The lowest BCUT2D eigenvalue weighted by molar-refractivity contribution is 0.406. The van der Waals surface area contributed by atoms with Crippen molar-refractivity contribution in [3.63, 3.8) is 0 Å². The summed E-state index contributed by atoms with van der Waals surface area (Å²) in [6.07, 6.45) is 0.618. The number of rotatable bonds is 4. The Bertz CT molecular complexity index is 1000. The van der Waals surface area contributed by atoms with E-state index in [4.69, 9.17) is 14.2 Å². The van der Waals surface area contributed by atoms with Gasteiger partial charge in [0.1, 0.15) is 17.2 Å². The number of hydrogen-bond donors (Lipinski definition) is 0. The van der Waals surface area contributed by atoms with E-state index in [9.17, 15) is 4.57 Å². The SMILES string of the molecule is COc1cccc(P2(=O)c3cccc(OC)c3Cc3c(OC)cccc32)c1. The van der Waals surface area contributed by atoms with Crippen LogP contribution in [0.3, 0.4) is 0 Å². The second-order valence-electron chi connectivity index (χ2n) is 6.40. The van der Waals surface area contributed by atoms with Crippen molar-refractivity contribution in [2.45, 2.75) is 6.42 Å². The molecule has 1 heterocycles. The van der Waals surface area contributed by atoms with Gasteiger partial charge in [0.05, 0.1) is 21.3 Å². The lowest BCUT2D eigenvalue weighted by Crippen LogP contribution is -2.34. The number of ether oxygens (including phenoxy) is 3. The molecule has 0 unspecified atom stereocenters. The third-order valence-electron chi connectivity index (χ3n) is 5.11. The van der Waals surface area contributed by atoms with Crippen LogP contribution in [0.5, 0.6) is 17.2 Å². The first-order valence-corrected chi connectivity index (χ1v) is 10.4. The largest absolute Gasteiger partial charge is 0.497 e. The summed E-state index contributed by atoms with van der Waals surface area (Å²) in [5, 5.41) is 2.37. The highest BCUT2D eigenvalue weighted by atomic mass is 31.2. The second-order valence-corrected chi connectivity index (χ2v) is 9.10. The zero-order valence-corrected chi connectivity index (χ0v) is 16.5. The maximum absolute atomic E-state index is 14.7. The molecule has 3 aromatic carbocycles. The van der Waals surface area contributed by atoms with Crippen molar-refractivity contribution in [2.24, 2.45) is 0 Å². The Labute approximate surface area is 159 Å². The Balaban J connectivity index is 2.09. The predicted octanol–water partition coefficient (Wildman–Crippen LogP) is 3.26. The Hall–Kier alpha value is -2.71. The summed E-state index contributed by atoms with van der Waals surface area (Å²) in [6, 6.07) is 19.0. The maximum atomic E-state index is 14.7. The van der Waals surface area contributed by atoms with Gasteiger partial charge < -0.3 is 18.8 Å². The van der Waals surface area contributed by atoms with Crippen LogP contribution >= 0.6 is 7.14 Å². The first kappa shape index (κ1) is 17.7. The fraction of sp³-hybridized carbons (Fsp3) is 0.182. The molecule has 0 saturated carbocycles. The van der Waals surface area contributed by atoms with Crippen LogP contribution in [0.15, 0.2) is 60.7 Å². The summed E-state index contributed by atoms with van der Waals surface area (Å²) in [5.41, 5.74) is 1.89. The molecule has 0 spiro atoms. The second kappa shape index (κ2) is 6.79. The molecule has 0 saturated heterocycles. The van der Waals surface area contributed by atoms with Gasteiger partial charge in [-0.2, -0.15) is 0 Å². The molecule has 0 fully saturated rings. The van der Waals surface area contributed by atoms with Crippen molar-refractivity contribution in [1.29, 1.82) is 0 Å². The van der Waals surface area contributed by atoms with Crippen molar-refractivity contribution < 1.29 is 18.8 Å². The predicted molar refractivity (Wildman–Crippen MR) is 108 cm³/mol. The minimum atomic E-state index is -3.11. The van der Waals surface area contributed by atoms with E-state index in [0.29, 0.717) is 12.2 Å². The van der Waals surface area contributed by atoms with Gasteiger partial charge in [-0.25, -0.2) is 0 Å². The summed E-state index contributed by atoms with van der Waals surface area (Å²) in [6.45, 7) is 0. The molecule has 0 aromatic heterocycles. The van der Waals surface area contributed by atoms with Gasteiger partial charge in [-0.15, -0.1) is 0 Å². The van der Waals surface area contributed by atoms with Crippen LogP contribution < -0.4 is 30.1 Å². The Kier molecular flexibility index (Phi) is 4.45. The maximum Gasteiger partial charge on any atom is 0.171 e. The highest BCUT2D eigenvalue weighted by molar-refractivity contribution is 7.85. The van der Waals surface area contributed by atoms with E-state index in [2.05, 4.69) is 0 Å². The molecule has 0 aliphatic carbocycles. The zero-order chi connectivity index (χ0) is 19.0. The number of methoxy groups -OCH3 is 3. The average molecular weight is 380 g/mol. The third-order valence-corrected chi connectivity index (χ3v) is 8.31. The van der Waals surface area contributed by atoms with Crippen LogP contribution in [0, 0.1) is 0 Å². The summed E-state index contributed by atoms with van der Waals surface area (Å²) in [4.78, 5) is 0. The van der Waals surface area contributed by atoms with E-state index in [1.54, 1.807) is 21.3 Å². The fourth-order valence-electron chi connectivity index (χ4n) is 3.83. The fourth-order valence-corrected chi connectivity index (χ4v) is 6.98. The van der Waals surface area contributed by atoms with Gasteiger partial charge in [-0.3, -0.25) is 0 Å². The van der Waals surface area contributed by atoms with Crippen molar-refractivity contribution in [3.05, 3.63) is 71.8 Å². The van der Waals surface area contributed by atoms with Gasteiger partial charge >= 0.3 is 0 Å². The smallest absolute Gasteiger partial charge is 0.171 e. The van der Waals surface area contributed by atoms with E-state index in [-0.39, 0.29) is 0 Å². The van der Waals surface area contributed by atoms with E-state index < -0.39 is 7.14 Å². The molecule has 0 amide bonds. The van der Waals surface area contributed by atoms with E-state index in [1.165, 1.54) is 0 Å². The molecule has 5 heteroatoms. The van der Waals surface area contributed by atoms with Gasteiger partial charge in [0.25, 0.3) is 0 Å². The van der Waals surface area contributed by atoms with Gasteiger partial charge in [-0.1, -0.05) is 36.4 Å². The number of benzene rings is 3. The van der Waals surface area contributed by atoms with E-state index in [1.807, 2.05) is 60.7 Å². The molecule has 0 radical (unpaired) electrons. The molecule has 138 valence electrons. The molecule has 1 aliphatic heterocycles. The molecule has 0 N–H and O–H groups in total. The summed E-state index contributed by atoms with van der Waals surface area (Å²) < 4.78 is 31.3. The first-order chi connectivity index (χ1) is 13.1. The first-order valence-electron chi connectivity index (χ1n) is 8.71. The molecular formula is C22H21O4P. The molecule has 4 rings (SSSR count). The van der Waals surface area contributed by atoms with E-state index in [0.717, 1.165) is 38.5 Å². The van der Waals surface area contributed by atoms with Gasteiger partial charge in [0.2, 0.25) is 0 Å². The normalized spacial score (nSPS) is 14.0. The monoisotopic (exact) mass is 380 g/mol. The molecule has 1 aliphatic rings. The van der Waals surface area contributed by atoms with Crippen LogP contribution in [0.2, 0.25) is 0 Å². The molecule has 3 aromatic rings. The van der Waals surface area contributed by atoms with Crippen LogP contribution in [0.1, 0.15) is 11.1 Å². The van der Waals surface area contributed by atoms with Crippen molar-refractivity contribution in [1.82, 2.24) is 0 Å². The van der Waals surface area contributed by atoms with E-state index >= 15 is 0 Å². The van der Waals surface area contributed by atoms with Gasteiger partial charge in [-0.05, 0) is 24.3 Å². The molecule has 27 heavy (non-hydrogen) atoms. The molecule has 0 atom stereocenters. The van der Waals surface area contributed by atoms with Gasteiger partial charge in [0, 0.05) is 33.5 Å². The van der Waals surface area contributed by atoms with Gasteiger partial charge in [0.15, 0.2) is 7.14 Å². The van der Waals surface area contributed by atoms with Crippen molar-refractivity contribution in [3.8, 4) is 17.2 Å². The highest BCUT2D eigenvalue weighted by Gasteiger charge is 2.39. The van der Waals surface area contributed by atoms with Crippen LogP contribution in [-0.2, 0) is 11.0 Å². The third kappa shape index (κ3) is 2.64. The molecule has 4 nitrogen and oxygen atoms in total. The summed E-state index contributed by atoms with van der Waals surface area (Å²) in [5.74, 6) is 2.17. The topological polar surface area (TPSA) is 44.8 Å². The van der Waals surface area contributed by atoms with Crippen LogP contribution in [0.25, 0.3) is 0 Å². The molecule has 0 bridgehead atoms. The quantitative estimate of drug-likeness (QED) is 0.510. The van der Waals surface area contributed by atoms with Crippen LogP contribution in [0.4, 0.5) is 0 Å². The Morgan fingerprint density at radius 1 is 0.741 bits per heavy atom. The minimum Gasteiger partial charge on any atom is -0.497 e. The average Bonchev–Trinajstić information content (AvgIpc) is 2.73. The lowest BCUT2D eigenvalue weighted by atomic mass is 10.0. The van der Waals surface area contributed by atoms with Crippen molar-refractivity contribution >= 4 is 23.1 Å². The summed E-state index contributed by atoms with van der Waals surface area (Å²) in [7, 11) is 1.79. The summed E-state index contributed by atoms with van der Waals surface area (Å²) >= 11 is 0. The zero-order valence-electron chi connectivity index (χ0n) is 15.6. The minimum absolute atomic E-state index is 0.618. The standard InChI is InChI=1S/C22H21O4P/c1-24-15-7-4-8-16(13-15)27(23)21-11-5-9-19(25-2)17(21)14-18-20(26-3)10-6-12-22(18)27/h4-13H,14H2,1-3H3. The molecular weight excluding hydrogens is 359 g/mol.